The van der Waals surface area contributed by atoms with Gasteiger partial charge in [-0.25, -0.2) is 9.97 Å². The van der Waals surface area contributed by atoms with Crippen LogP contribution in [0.15, 0.2) is 158 Å². The van der Waals surface area contributed by atoms with Gasteiger partial charge in [0.2, 0.25) is 11.9 Å². The predicted octanol–water partition coefficient (Wildman–Crippen LogP) is 11.0. The number of hydrogen-bond donors (Lipinski definition) is 0. The lowest BCUT2D eigenvalue weighted by Crippen LogP contribution is -2.04. The van der Waals surface area contributed by atoms with Crippen molar-refractivity contribution in [3.63, 3.8) is 0 Å². The summed E-state index contributed by atoms with van der Waals surface area (Å²) >= 11 is 0. The van der Waals surface area contributed by atoms with Crippen molar-refractivity contribution in [1.29, 1.82) is 0 Å². The number of para-hydroxylation sites is 4. The molecule has 6 nitrogen and oxygen atoms in total. The minimum Gasteiger partial charge on any atom is -0.313 e. The van der Waals surface area contributed by atoms with Crippen LogP contribution >= 0.6 is 0 Å². The number of rotatable bonds is 4. The third-order valence-electron chi connectivity index (χ3n) is 10.8. The van der Waals surface area contributed by atoms with Crippen molar-refractivity contribution in [2.75, 3.05) is 0 Å². The third-order valence-corrected chi connectivity index (χ3v) is 10.8. The Morgan fingerprint density at radius 1 is 0.365 bits per heavy atom. The van der Waals surface area contributed by atoms with Gasteiger partial charge in [0.15, 0.2) is 0 Å². The van der Waals surface area contributed by atoms with Gasteiger partial charge in [-0.1, -0.05) is 103 Å². The van der Waals surface area contributed by atoms with E-state index in [0.717, 1.165) is 56.0 Å². The summed E-state index contributed by atoms with van der Waals surface area (Å²) < 4.78 is 9.15. The van der Waals surface area contributed by atoms with E-state index in [1.807, 2.05) is 0 Å². The van der Waals surface area contributed by atoms with E-state index in [0.29, 0.717) is 0 Å². The molecule has 0 bridgehead atoms. The van der Waals surface area contributed by atoms with Crippen molar-refractivity contribution in [3.05, 3.63) is 158 Å². The second-order valence-corrected chi connectivity index (χ2v) is 13.6. The van der Waals surface area contributed by atoms with Crippen molar-refractivity contribution < 1.29 is 0 Å². The van der Waals surface area contributed by atoms with Crippen LogP contribution in [0.5, 0.6) is 0 Å². The predicted molar refractivity (Wildman–Crippen MR) is 215 cm³/mol. The van der Waals surface area contributed by atoms with Gasteiger partial charge >= 0.3 is 0 Å². The zero-order valence-electron chi connectivity index (χ0n) is 28.7. The summed E-state index contributed by atoms with van der Waals surface area (Å²) in [6, 6.07) is 56.3. The Labute approximate surface area is 299 Å². The summed E-state index contributed by atoms with van der Waals surface area (Å²) in [6.45, 7) is 0. The molecule has 0 amide bonds. The molecule has 0 atom stereocenters. The maximum absolute atomic E-state index is 5.30. The molecule has 0 N–H and O–H groups in total. The Balaban J connectivity index is 1.34. The van der Waals surface area contributed by atoms with E-state index in [9.17, 15) is 0 Å². The summed E-state index contributed by atoms with van der Waals surface area (Å²) in [6.07, 6.45) is 0. The fourth-order valence-electron chi connectivity index (χ4n) is 8.32. The van der Waals surface area contributed by atoms with E-state index in [4.69, 9.17) is 9.97 Å². The lowest BCUT2D eigenvalue weighted by Gasteiger charge is -2.10. The Hall–Kier alpha value is -6.92. The number of nitrogens with zero attached hydrogens (tertiary/aromatic N) is 6. The van der Waals surface area contributed by atoms with Gasteiger partial charge in [0.05, 0.1) is 44.1 Å². The largest absolute Gasteiger partial charge is 0.313 e. The highest BCUT2D eigenvalue weighted by atomic mass is 15.3. The van der Waals surface area contributed by atoms with Crippen molar-refractivity contribution >= 4 is 65.7 Å². The van der Waals surface area contributed by atoms with Gasteiger partial charge in [-0.3, -0.25) is 9.13 Å². The van der Waals surface area contributed by atoms with Crippen molar-refractivity contribution in [3.8, 4) is 34.2 Å². The molecule has 11 rings (SSSR count). The standard InChI is InChI=1S/C46H32N6/c1-49-40-19-11-9-17-36(40)47-45(49)51-39-25-22-32(30-15-7-4-8-16-30)28-35(39)43-42(51)26-23-33-34-27-31(29-13-5-3-6-14-29)21-24-38(34)52(44(33)43)46-48-37-18-10-12-20-41(37)50(46)2/h3-28H,1-2H3. The Bertz CT molecular complexity index is 3190. The first-order valence-corrected chi connectivity index (χ1v) is 17.6. The molecule has 0 saturated heterocycles. The van der Waals surface area contributed by atoms with Gasteiger partial charge < -0.3 is 9.13 Å². The molecule has 0 aliphatic rings. The summed E-state index contributed by atoms with van der Waals surface area (Å²) in [5, 5.41) is 4.71. The summed E-state index contributed by atoms with van der Waals surface area (Å²) in [5.74, 6) is 1.76. The molecule has 0 aliphatic carbocycles. The SMILES string of the molecule is Cn1c(-n2c3ccc(-c4ccccc4)cc3c3c2ccc2c4cc(-c5ccccc5)ccc4n(-c4nc5ccccc5n4C)c23)nc2ccccc21. The quantitative estimate of drug-likeness (QED) is 0.187. The number of hydrogen-bond acceptors (Lipinski definition) is 2. The molecule has 246 valence electrons. The number of aryl methyl sites for hydroxylation is 2. The fraction of sp³-hybridized carbons (Fsp3) is 0.0435. The van der Waals surface area contributed by atoms with Crippen LogP contribution in [-0.4, -0.2) is 28.2 Å². The summed E-state index contributed by atoms with van der Waals surface area (Å²) in [4.78, 5) is 10.5. The molecule has 0 fully saturated rings. The van der Waals surface area contributed by atoms with Gasteiger partial charge in [0.1, 0.15) is 0 Å². The normalized spacial score (nSPS) is 12.0. The first-order chi connectivity index (χ1) is 25.6. The highest BCUT2D eigenvalue weighted by molar-refractivity contribution is 6.26. The average Bonchev–Trinajstić information content (AvgIpc) is 3.92. The second kappa shape index (κ2) is 10.8. The van der Waals surface area contributed by atoms with E-state index < -0.39 is 0 Å². The maximum atomic E-state index is 5.30. The van der Waals surface area contributed by atoms with Crippen LogP contribution in [0.2, 0.25) is 0 Å². The van der Waals surface area contributed by atoms with E-state index in [2.05, 4.69) is 190 Å². The molecule has 0 saturated carbocycles. The zero-order valence-corrected chi connectivity index (χ0v) is 28.7. The molecule has 0 radical (unpaired) electrons. The van der Waals surface area contributed by atoms with Crippen LogP contribution < -0.4 is 0 Å². The number of fused-ring (bicyclic) bond motifs is 9. The Kier molecular flexibility index (Phi) is 5.99. The molecule has 52 heavy (non-hydrogen) atoms. The van der Waals surface area contributed by atoms with Crippen molar-refractivity contribution in [2.24, 2.45) is 14.1 Å². The molecular formula is C46H32N6. The lowest BCUT2D eigenvalue weighted by molar-refractivity contribution is 0.868. The Morgan fingerprint density at radius 3 is 1.42 bits per heavy atom. The minimum absolute atomic E-state index is 0.879. The van der Waals surface area contributed by atoms with Crippen LogP contribution in [0, 0.1) is 0 Å². The number of benzene rings is 7. The van der Waals surface area contributed by atoms with Crippen LogP contribution in [0.25, 0.3) is 99.8 Å². The highest BCUT2D eigenvalue weighted by Crippen LogP contribution is 2.44. The first-order valence-electron chi connectivity index (χ1n) is 17.6. The first kappa shape index (κ1) is 28.9. The third kappa shape index (κ3) is 4.00. The molecule has 4 aromatic heterocycles. The van der Waals surface area contributed by atoms with Gasteiger partial charge in [-0.15, -0.1) is 0 Å². The van der Waals surface area contributed by atoms with Gasteiger partial charge in [0.25, 0.3) is 0 Å². The van der Waals surface area contributed by atoms with Crippen LogP contribution in [0.1, 0.15) is 0 Å². The second-order valence-electron chi connectivity index (χ2n) is 13.6. The van der Waals surface area contributed by atoms with Gasteiger partial charge in [-0.2, -0.15) is 0 Å². The molecule has 0 spiro atoms. The van der Waals surface area contributed by atoms with E-state index >= 15 is 0 Å². The van der Waals surface area contributed by atoms with Crippen LogP contribution in [-0.2, 0) is 14.1 Å². The monoisotopic (exact) mass is 668 g/mol. The van der Waals surface area contributed by atoms with Crippen molar-refractivity contribution in [1.82, 2.24) is 28.2 Å². The van der Waals surface area contributed by atoms with E-state index in [1.54, 1.807) is 0 Å². The molecule has 11 aromatic rings. The average molecular weight is 669 g/mol. The minimum atomic E-state index is 0.879. The number of imidazole rings is 2. The molecule has 0 unspecified atom stereocenters. The highest BCUT2D eigenvalue weighted by Gasteiger charge is 2.25. The van der Waals surface area contributed by atoms with Crippen LogP contribution in [0.3, 0.4) is 0 Å². The van der Waals surface area contributed by atoms with Gasteiger partial charge in [0, 0.05) is 35.6 Å². The van der Waals surface area contributed by atoms with Crippen LogP contribution in [0.4, 0.5) is 0 Å². The topological polar surface area (TPSA) is 45.5 Å². The summed E-state index contributed by atoms with van der Waals surface area (Å²) in [5.41, 5.74) is 13.3. The van der Waals surface area contributed by atoms with E-state index in [-0.39, 0.29) is 0 Å². The molecular weight excluding hydrogens is 637 g/mol. The zero-order chi connectivity index (χ0) is 34.5. The molecule has 7 aromatic carbocycles. The summed E-state index contributed by atoms with van der Waals surface area (Å²) in [7, 11) is 4.23. The molecule has 4 heterocycles. The Morgan fingerprint density at radius 2 is 0.846 bits per heavy atom. The van der Waals surface area contributed by atoms with Crippen molar-refractivity contribution in [2.45, 2.75) is 0 Å². The van der Waals surface area contributed by atoms with E-state index in [1.165, 1.54) is 43.8 Å². The lowest BCUT2D eigenvalue weighted by atomic mass is 10.0. The fourth-order valence-corrected chi connectivity index (χ4v) is 8.32. The maximum Gasteiger partial charge on any atom is 0.215 e. The molecule has 0 aliphatic heterocycles. The molecule has 6 heteroatoms. The van der Waals surface area contributed by atoms with Gasteiger partial charge in [-0.05, 0) is 76.9 Å². The smallest absolute Gasteiger partial charge is 0.215 e. The number of aromatic nitrogens is 6.